The van der Waals surface area contributed by atoms with Crippen molar-refractivity contribution in [2.75, 3.05) is 18.5 Å². The first-order valence-corrected chi connectivity index (χ1v) is 9.25. The van der Waals surface area contributed by atoms with Gasteiger partial charge >= 0.3 is 6.03 Å². The Kier molecular flexibility index (Phi) is 4.76. The second-order valence-electron chi connectivity index (χ2n) is 6.17. The van der Waals surface area contributed by atoms with Crippen molar-refractivity contribution in [3.05, 3.63) is 48.7 Å². The van der Waals surface area contributed by atoms with E-state index in [1.165, 1.54) is 4.70 Å². The number of fused-ring (bicyclic) bond motifs is 2. The number of H-pyrrole nitrogens is 1. The van der Waals surface area contributed by atoms with E-state index >= 15 is 0 Å². The second-order valence-corrected chi connectivity index (χ2v) is 7.25. The zero-order valence-corrected chi connectivity index (χ0v) is 15.1. The molecule has 8 heteroatoms. The number of aliphatic hydroxyl groups excluding tert-OH is 2. The molecule has 5 N–H and O–H groups in total. The Labute approximate surface area is 158 Å². The number of thiophene rings is 1. The van der Waals surface area contributed by atoms with Gasteiger partial charge in [-0.1, -0.05) is 18.2 Å². The van der Waals surface area contributed by atoms with E-state index in [4.69, 9.17) is 10.2 Å². The lowest BCUT2D eigenvalue weighted by atomic mass is 10.1. The number of hydrogen-bond donors (Lipinski definition) is 5. The molecule has 0 radical (unpaired) electrons. The highest BCUT2D eigenvalue weighted by Crippen LogP contribution is 2.38. The van der Waals surface area contributed by atoms with Crippen molar-refractivity contribution in [2.45, 2.75) is 6.04 Å². The van der Waals surface area contributed by atoms with E-state index < -0.39 is 12.1 Å². The van der Waals surface area contributed by atoms with Crippen LogP contribution in [0.15, 0.2) is 48.7 Å². The van der Waals surface area contributed by atoms with Gasteiger partial charge in [0, 0.05) is 26.2 Å². The highest BCUT2D eigenvalue weighted by atomic mass is 32.1. The third-order valence-electron chi connectivity index (χ3n) is 4.27. The fraction of sp³-hybridized carbons (Fsp3) is 0.158. The molecule has 138 valence electrons. The lowest BCUT2D eigenvalue weighted by Crippen LogP contribution is -2.42. The molecule has 4 aromatic rings. The van der Waals surface area contributed by atoms with Crippen LogP contribution in [0.3, 0.4) is 0 Å². The zero-order chi connectivity index (χ0) is 18.8. The predicted molar refractivity (Wildman–Crippen MR) is 107 cm³/mol. The van der Waals surface area contributed by atoms with Crippen LogP contribution in [0.5, 0.6) is 0 Å². The quantitative estimate of drug-likeness (QED) is 0.365. The Morgan fingerprint density at radius 3 is 2.74 bits per heavy atom. The van der Waals surface area contributed by atoms with Gasteiger partial charge in [-0.05, 0) is 29.7 Å². The lowest BCUT2D eigenvalue weighted by Gasteiger charge is -2.14. The molecule has 27 heavy (non-hydrogen) atoms. The van der Waals surface area contributed by atoms with Crippen LogP contribution in [0, 0.1) is 0 Å². The van der Waals surface area contributed by atoms with Gasteiger partial charge in [0.05, 0.1) is 31.0 Å². The smallest absolute Gasteiger partial charge is 0.319 e. The van der Waals surface area contributed by atoms with E-state index in [0.717, 1.165) is 26.7 Å². The van der Waals surface area contributed by atoms with Crippen molar-refractivity contribution < 1.29 is 15.0 Å². The summed E-state index contributed by atoms with van der Waals surface area (Å²) in [5, 5.41) is 32.7. The number of benzene rings is 2. The molecule has 4 rings (SSSR count). The maximum atomic E-state index is 12.1. The molecule has 2 aromatic carbocycles. The lowest BCUT2D eigenvalue weighted by molar-refractivity contribution is 0.172. The summed E-state index contributed by atoms with van der Waals surface area (Å²) in [6.45, 7) is -0.671. The van der Waals surface area contributed by atoms with Gasteiger partial charge in [-0.2, -0.15) is 5.10 Å². The Balaban J connectivity index is 1.70. The molecule has 2 aromatic heterocycles. The maximum Gasteiger partial charge on any atom is 0.319 e. The summed E-state index contributed by atoms with van der Waals surface area (Å²) in [6.07, 6.45) is 1.71. The molecule has 0 saturated heterocycles. The summed E-state index contributed by atoms with van der Waals surface area (Å²) >= 11 is 1.67. The van der Waals surface area contributed by atoms with Crippen LogP contribution in [0.1, 0.15) is 0 Å². The van der Waals surface area contributed by atoms with Crippen molar-refractivity contribution in [2.24, 2.45) is 0 Å². The number of amides is 2. The van der Waals surface area contributed by atoms with Crippen LogP contribution >= 0.6 is 11.3 Å². The van der Waals surface area contributed by atoms with E-state index in [1.54, 1.807) is 17.5 Å². The highest BCUT2D eigenvalue weighted by Gasteiger charge is 2.14. The fourth-order valence-corrected chi connectivity index (χ4v) is 4.03. The van der Waals surface area contributed by atoms with Gasteiger partial charge < -0.3 is 20.8 Å². The minimum absolute atomic E-state index is 0.336. The molecule has 7 nitrogen and oxygen atoms in total. The first kappa shape index (κ1) is 17.5. The topological polar surface area (TPSA) is 110 Å². The average molecular weight is 382 g/mol. The summed E-state index contributed by atoms with van der Waals surface area (Å²) in [4.78, 5) is 13.2. The molecule has 0 aliphatic rings. The molecule has 0 aliphatic heterocycles. The van der Waals surface area contributed by atoms with Crippen molar-refractivity contribution in [1.82, 2.24) is 15.5 Å². The summed E-state index contributed by atoms with van der Waals surface area (Å²) in [7, 11) is 0. The first-order valence-electron chi connectivity index (χ1n) is 8.43. The highest BCUT2D eigenvalue weighted by molar-refractivity contribution is 7.22. The molecule has 0 atom stereocenters. The molecule has 0 spiro atoms. The SMILES string of the molecule is O=C(Nc1cc(-c2cc3ccccc3s2)c2[nH]ncc2c1)NC(CO)CO. The van der Waals surface area contributed by atoms with Crippen LogP contribution in [0.4, 0.5) is 10.5 Å². The van der Waals surface area contributed by atoms with Gasteiger partial charge in [-0.3, -0.25) is 5.10 Å². The largest absolute Gasteiger partial charge is 0.394 e. The van der Waals surface area contributed by atoms with Crippen molar-refractivity contribution >= 4 is 44.0 Å². The third-order valence-corrected chi connectivity index (χ3v) is 5.42. The van der Waals surface area contributed by atoms with Crippen LogP contribution < -0.4 is 10.6 Å². The molecule has 0 fully saturated rings. The number of carbonyl (C=O) groups excluding carboxylic acids is 1. The molecule has 0 bridgehead atoms. The normalized spacial score (nSPS) is 11.4. The van der Waals surface area contributed by atoms with Crippen LogP contribution in [0.2, 0.25) is 0 Å². The van der Waals surface area contributed by atoms with E-state index in [1.807, 2.05) is 24.3 Å². The number of aromatic nitrogens is 2. The number of urea groups is 1. The fourth-order valence-electron chi connectivity index (χ4n) is 2.94. The van der Waals surface area contributed by atoms with Gasteiger partial charge in [-0.25, -0.2) is 4.79 Å². The van der Waals surface area contributed by atoms with Crippen LogP contribution in [-0.2, 0) is 0 Å². The van der Waals surface area contributed by atoms with Gasteiger partial charge in [0.1, 0.15) is 0 Å². The minimum atomic E-state index is -0.704. The second kappa shape index (κ2) is 7.36. The first-order chi connectivity index (χ1) is 13.2. The molecule has 0 unspecified atom stereocenters. The Hall–Kier alpha value is -2.94. The van der Waals surface area contributed by atoms with E-state index in [9.17, 15) is 4.79 Å². The summed E-state index contributed by atoms with van der Waals surface area (Å²) in [5.41, 5.74) is 2.45. The number of nitrogens with one attached hydrogen (secondary N) is 3. The van der Waals surface area contributed by atoms with E-state index in [2.05, 4.69) is 39.0 Å². The molecule has 2 amide bonds. The zero-order valence-electron chi connectivity index (χ0n) is 14.3. The number of anilines is 1. The number of aliphatic hydroxyl groups is 2. The number of aromatic amines is 1. The predicted octanol–water partition coefficient (Wildman–Crippen LogP) is 2.92. The Bertz CT molecular complexity index is 1070. The van der Waals surface area contributed by atoms with Crippen LogP contribution in [0.25, 0.3) is 31.4 Å². The van der Waals surface area contributed by atoms with Crippen LogP contribution in [-0.4, -0.2) is 45.7 Å². The third kappa shape index (κ3) is 3.50. The number of nitrogens with zero attached hydrogens (tertiary/aromatic N) is 1. The Morgan fingerprint density at radius 2 is 1.96 bits per heavy atom. The summed E-state index contributed by atoms with van der Waals surface area (Å²) in [6, 6.07) is 12.8. The van der Waals surface area contributed by atoms with Gasteiger partial charge in [0.25, 0.3) is 0 Å². The Morgan fingerprint density at radius 1 is 1.15 bits per heavy atom. The molecule has 0 saturated carbocycles. The summed E-state index contributed by atoms with van der Waals surface area (Å²) < 4.78 is 1.19. The number of carbonyl (C=O) groups is 1. The van der Waals surface area contributed by atoms with E-state index in [0.29, 0.717) is 5.69 Å². The summed E-state index contributed by atoms with van der Waals surface area (Å²) in [5.74, 6) is 0. The van der Waals surface area contributed by atoms with Crippen molar-refractivity contribution in [3.63, 3.8) is 0 Å². The molecule has 0 aliphatic carbocycles. The van der Waals surface area contributed by atoms with Gasteiger partial charge in [-0.15, -0.1) is 11.3 Å². The van der Waals surface area contributed by atoms with Crippen molar-refractivity contribution in [1.29, 1.82) is 0 Å². The number of hydrogen-bond acceptors (Lipinski definition) is 5. The standard InChI is InChI=1S/C19H18N4O3S/c24-9-14(10-25)22-19(26)21-13-5-12-8-20-23-18(12)15(7-13)17-6-11-3-1-2-4-16(11)27-17/h1-8,14,24-25H,9-10H2,(H,20,23)(H2,21,22,26). The number of rotatable bonds is 5. The van der Waals surface area contributed by atoms with Gasteiger partial charge in [0.2, 0.25) is 0 Å². The molecular formula is C19H18N4O3S. The monoisotopic (exact) mass is 382 g/mol. The molecular weight excluding hydrogens is 364 g/mol. The molecule has 2 heterocycles. The minimum Gasteiger partial charge on any atom is -0.394 e. The van der Waals surface area contributed by atoms with Gasteiger partial charge in [0.15, 0.2) is 0 Å². The maximum absolute atomic E-state index is 12.1. The van der Waals surface area contributed by atoms with Crippen molar-refractivity contribution in [3.8, 4) is 10.4 Å². The average Bonchev–Trinajstić information content (AvgIpc) is 3.31. The van der Waals surface area contributed by atoms with E-state index in [-0.39, 0.29) is 13.2 Å².